The van der Waals surface area contributed by atoms with E-state index in [1.54, 1.807) is 0 Å². The summed E-state index contributed by atoms with van der Waals surface area (Å²) in [5, 5.41) is 5.79. The van der Waals surface area contributed by atoms with Gasteiger partial charge in [0.05, 0.1) is 13.2 Å². The van der Waals surface area contributed by atoms with Gasteiger partial charge in [0.1, 0.15) is 6.04 Å². The van der Waals surface area contributed by atoms with Crippen molar-refractivity contribution in [3.63, 3.8) is 0 Å². The van der Waals surface area contributed by atoms with E-state index in [2.05, 4.69) is 10.6 Å². The molecule has 2 fully saturated rings. The number of nitrogens with zero attached hydrogens (tertiary/aromatic N) is 1. The lowest BCUT2D eigenvalue weighted by Crippen LogP contribution is -2.54. The number of nitrogens with one attached hydrogen (secondary N) is 2. The van der Waals surface area contributed by atoms with Gasteiger partial charge in [-0.15, -0.1) is 0 Å². The minimum Gasteiger partial charge on any atom is -0.467 e. The minimum absolute atomic E-state index is 0.188. The first-order valence-corrected chi connectivity index (χ1v) is 7.95. The lowest BCUT2D eigenvalue weighted by atomic mass is 9.96. The quantitative estimate of drug-likeness (QED) is 0.754. The van der Waals surface area contributed by atoms with Crippen LogP contribution >= 0.6 is 0 Å². The van der Waals surface area contributed by atoms with Crippen molar-refractivity contribution < 1.29 is 19.1 Å². The Balaban J connectivity index is 1.93. The lowest BCUT2D eigenvalue weighted by Gasteiger charge is -2.27. The van der Waals surface area contributed by atoms with Crippen molar-refractivity contribution in [1.29, 1.82) is 0 Å². The molecular formula is C15H25N3O4. The number of rotatable bonds is 3. The summed E-state index contributed by atoms with van der Waals surface area (Å²) < 4.78 is 4.77. The molecule has 2 N–H and O–H groups in total. The van der Waals surface area contributed by atoms with Gasteiger partial charge in [-0.25, -0.2) is 9.59 Å². The van der Waals surface area contributed by atoms with Crippen LogP contribution in [0.25, 0.3) is 0 Å². The van der Waals surface area contributed by atoms with Crippen LogP contribution in [0.1, 0.15) is 45.4 Å². The topological polar surface area (TPSA) is 87.7 Å². The average molecular weight is 311 g/mol. The molecule has 124 valence electrons. The number of hydrogen-bond acceptors (Lipinski definition) is 4. The third kappa shape index (κ3) is 3.90. The molecule has 2 atom stereocenters. The minimum atomic E-state index is -0.736. The highest BCUT2D eigenvalue weighted by Crippen LogP contribution is 2.20. The van der Waals surface area contributed by atoms with E-state index in [1.165, 1.54) is 25.4 Å². The van der Waals surface area contributed by atoms with E-state index in [4.69, 9.17) is 4.74 Å². The van der Waals surface area contributed by atoms with E-state index >= 15 is 0 Å². The second-order valence-electron chi connectivity index (χ2n) is 6.03. The fraction of sp³-hybridized carbons (Fsp3) is 0.800. The zero-order valence-corrected chi connectivity index (χ0v) is 13.3. The number of carbonyl (C=O) groups excluding carboxylic acids is 3. The predicted molar refractivity (Wildman–Crippen MR) is 80.1 cm³/mol. The Hall–Kier alpha value is -1.79. The van der Waals surface area contributed by atoms with E-state index in [0.717, 1.165) is 25.7 Å². The molecule has 7 nitrogen and oxygen atoms in total. The zero-order chi connectivity index (χ0) is 16.1. The molecule has 22 heavy (non-hydrogen) atoms. The summed E-state index contributed by atoms with van der Waals surface area (Å²) in [5.74, 6) is -0.678. The van der Waals surface area contributed by atoms with E-state index < -0.39 is 18.1 Å². The molecule has 0 spiro atoms. The molecule has 1 aliphatic carbocycles. The van der Waals surface area contributed by atoms with Crippen LogP contribution in [0.3, 0.4) is 0 Å². The van der Waals surface area contributed by atoms with Crippen LogP contribution in [0.4, 0.5) is 4.79 Å². The number of likely N-dealkylation sites (tertiary alicyclic amines) is 1. The molecule has 2 unspecified atom stereocenters. The van der Waals surface area contributed by atoms with Crippen molar-refractivity contribution in [2.45, 2.75) is 63.6 Å². The molecule has 1 heterocycles. The van der Waals surface area contributed by atoms with Crippen LogP contribution in [0.2, 0.25) is 0 Å². The second-order valence-corrected chi connectivity index (χ2v) is 6.03. The van der Waals surface area contributed by atoms with Crippen molar-refractivity contribution in [2.24, 2.45) is 0 Å². The maximum Gasteiger partial charge on any atom is 0.330 e. The van der Waals surface area contributed by atoms with Gasteiger partial charge in [-0.3, -0.25) is 4.79 Å². The lowest BCUT2D eigenvalue weighted by molar-refractivity contribution is -0.150. The first kappa shape index (κ1) is 16.6. The number of methoxy groups -OCH3 is 1. The van der Waals surface area contributed by atoms with Gasteiger partial charge >= 0.3 is 12.0 Å². The summed E-state index contributed by atoms with van der Waals surface area (Å²) in [5.41, 5.74) is 0. The van der Waals surface area contributed by atoms with Gasteiger partial charge < -0.3 is 20.3 Å². The molecule has 0 aromatic carbocycles. The first-order valence-electron chi connectivity index (χ1n) is 7.95. The highest BCUT2D eigenvalue weighted by Gasteiger charge is 2.42. The molecule has 2 rings (SSSR count). The number of ether oxygens (including phenoxy) is 1. The number of carbonyl (C=O) groups is 3. The monoisotopic (exact) mass is 311 g/mol. The fourth-order valence-electron chi connectivity index (χ4n) is 3.35. The van der Waals surface area contributed by atoms with Crippen LogP contribution in [0.5, 0.6) is 0 Å². The summed E-state index contributed by atoms with van der Waals surface area (Å²) in [6.45, 7) is 1.86. The summed E-state index contributed by atoms with van der Waals surface area (Å²) in [6.07, 6.45) is 6.04. The van der Waals surface area contributed by atoms with E-state index in [-0.39, 0.29) is 18.0 Å². The fourth-order valence-corrected chi connectivity index (χ4v) is 3.35. The molecule has 1 saturated heterocycles. The van der Waals surface area contributed by atoms with Gasteiger partial charge in [-0.2, -0.15) is 0 Å². The highest BCUT2D eigenvalue weighted by molar-refractivity contribution is 5.86. The average Bonchev–Trinajstić information content (AvgIpc) is 2.91. The summed E-state index contributed by atoms with van der Waals surface area (Å²) in [7, 11) is 1.29. The normalized spacial score (nSPS) is 25.6. The first-order chi connectivity index (χ1) is 10.5. The molecule has 0 radical (unpaired) electrons. The predicted octanol–water partition coefficient (Wildman–Crippen LogP) is 0.781. The Morgan fingerprint density at radius 3 is 2.32 bits per heavy atom. The largest absolute Gasteiger partial charge is 0.467 e. The molecule has 2 aliphatic rings. The van der Waals surface area contributed by atoms with Crippen LogP contribution in [0, 0.1) is 0 Å². The summed E-state index contributed by atoms with van der Waals surface area (Å²) in [4.78, 5) is 37.1. The number of urea groups is 1. The Labute approximate surface area is 130 Å². The van der Waals surface area contributed by atoms with Crippen molar-refractivity contribution in [1.82, 2.24) is 15.5 Å². The van der Waals surface area contributed by atoms with Crippen molar-refractivity contribution in [3.05, 3.63) is 0 Å². The SMILES string of the molecule is COC(=O)C1C(NC(=O)NC2CCCCC2)CCN1C(C)=O. The zero-order valence-electron chi connectivity index (χ0n) is 13.3. The summed E-state index contributed by atoms with van der Waals surface area (Å²) in [6, 6.07) is -1.20. The number of amides is 3. The van der Waals surface area contributed by atoms with Crippen molar-refractivity contribution in [2.75, 3.05) is 13.7 Å². The summed E-state index contributed by atoms with van der Waals surface area (Å²) >= 11 is 0. The van der Waals surface area contributed by atoms with E-state index in [0.29, 0.717) is 13.0 Å². The Morgan fingerprint density at radius 2 is 1.73 bits per heavy atom. The molecular weight excluding hydrogens is 286 g/mol. The smallest absolute Gasteiger partial charge is 0.330 e. The Bertz CT molecular complexity index is 435. The van der Waals surface area contributed by atoms with Gasteiger partial charge in [0, 0.05) is 19.5 Å². The van der Waals surface area contributed by atoms with Crippen LogP contribution in [-0.2, 0) is 14.3 Å². The molecule has 1 aliphatic heterocycles. The van der Waals surface area contributed by atoms with Gasteiger partial charge in [-0.05, 0) is 19.3 Å². The molecule has 1 saturated carbocycles. The molecule has 0 aromatic heterocycles. The van der Waals surface area contributed by atoms with Crippen LogP contribution in [-0.4, -0.2) is 54.6 Å². The second kappa shape index (κ2) is 7.47. The van der Waals surface area contributed by atoms with Crippen molar-refractivity contribution >= 4 is 17.9 Å². The third-order valence-electron chi connectivity index (χ3n) is 4.50. The molecule has 0 aromatic rings. The van der Waals surface area contributed by atoms with Crippen molar-refractivity contribution in [3.8, 4) is 0 Å². The van der Waals surface area contributed by atoms with Gasteiger partial charge in [0.15, 0.2) is 0 Å². The standard InChI is InChI=1S/C15H25N3O4/c1-10(19)18-9-8-12(13(18)14(20)22-2)17-15(21)16-11-6-4-3-5-7-11/h11-13H,3-9H2,1-2H3,(H2,16,17,21). The van der Waals surface area contributed by atoms with Crippen LogP contribution in [0.15, 0.2) is 0 Å². The van der Waals surface area contributed by atoms with E-state index in [9.17, 15) is 14.4 Å². The third-order valence-corrected chi connectivity index (χ3v) is 4.50. The molecule has 3 amide bonds. The molecule has 7 heteroatoms. The van der Waals surface area contributed by atoms with Crippen LogP contribution < -0.4 is 10.6 Å². The van der Waals surface area contributed by atoms with E-state index in [1.807, 2.05) is 0 Å². The number of hydrogen-bond donors (Lipinski definition) is 2. The molecule has 0 bridgehead atoms. The van der Waals surface area contributed by atoms with Gasteiger partial charge in [-0.1, -0.05) is 19.3 Å². The number of esters is 1. The Kier molecular flexibility index (Phi) is 5.63. The van der Waals surface area contributed by atoms with Gasteiger partial charge in [0.2, 0.25) is 5.91 Å². The van der Waals surface area contributed by atoms with Gasteiger partial charge in [0.25, 0.3) is 0 Å². The maximum atomic E-state index is 12.1. The Morgan fingerprint density at radius 1 is 1.05 bits per heavy atom. The highest BCUT2D eigenvalue weighted by atomic mass is 16.5. The maximum absolute atomic E-state index is 12.1.